The summed E-state index contributed by atoms with van der Waals surface area (Å²) in [6.45, 7) is 0. The number of halogens is 1. The topological polar surface area (TPSA) is 34.1 Å². The van der Waals surface area contributed by atoms with E-state index in [1.165, 1.54) is 0 Å². The van der Waals surface area contributed by atoms with Crippen molar-refractivity contribution in [2.75, 3.05) is 0 Å². The monoisotopic (exact) mass is 540 g/mol. The van der Waals surface area contributed by atoms with Gasteiger partial charge in [-0.1, -0.05) is 146 Å². The Kier molecular flexibility index (Phi) is 7.44. The van der Waals surface area contributed by atoms with Gasteiger partial charge in [0.25, 0.3) is 0 Å². The van der Waals surface area contributed by atoms with Crippen molar-refractivity contribution in [3.63, 3.8) is 0 Å². The lowest BCUT2D eigenvalue weighted by Crippen LogP contribution is -2.35. The quantitative estimate of drug-likeness (QED) is 0.145. The molecule has 0 saturated heterocycles. The van der Waals surface area contributed by atoms with Crippen molar-refractivity contribution in [3.05, 3.63) is 179 Å². The summed E-state index contributed by atoms with van der Waals surface area (Å²) in [4.78, 5) is 29.0. The standard InChI is InChI=1S/C37H29ClO2/c38-35(27-19-9-3-10-20-27)34(36(39)28-21-11-4-12-22-28)32(26-17-7-2-8-18-26)33-31(25-15-5-1-6-16-25)29-23-13-14-24-30(29)37(33)40/h1-24,31-35H. The highest BCUT2D eigenvalue weighted by Crippen LogP contribution is 2.54. The molecule has 0 fully saturated rings. The van der Waals surface area contributed by atoms with Gasteiger partial charge in [-0.25, -0.2) is 0 Å². The minimum absolute atomic E-state index is 0.0566. The van der Waals surface area contributed by atoms with Gasteiger partial charge in [0.15, 0.2) is 11.6 Å². The molecule has 1 aliphatic carbocycles. The fourth-order valence-electron chi connectivity index (χ4n) is 6.37. The Morgan fingerprint density at radius 2 is 1.10 bits per heavy atom. The molecule has 0 saturated carbocycles. The molecule has 196 valence electrons. The Morgan fingerprint density at radius 3 is 1.73 bits per heavy atom. The van der Waals surface area contributed by atoms with E-state index in [2.05, 4.69) is 18.2 Å². The minimum Gasteiger partial charge on any atom is -0.294 e. The number of hydrogen-bond acceptors (Lipinski definition) is 2. The van der Waals surface area contributed by atoms with Crippen LogP contribution in [-0.4, -0.2) is 11.6 Å². The zero-order chi connectivity index (χ0) is 27.5. The zero-order valence-electron chi connectivity index (χ0n) is 21.9. The molecule has 5 atom stereocenters. The maximum Gasteiger partial charge on any atom is 0.168 e. The van der Waals surface area contributed by atoms with E-state index in [1.807, 2.05) is 127 Å². The maximum absolute atomic E-state index is 14.6. The van der Waals surface area contributed by atoms with E-state index in [1.54, 1.807) is 0 Å². The van der Waals surface area contributed by atoms with E-state index in [9.17, 15) is 9.59 Å². The van der Waals surface area contributed by atoms with Gasteiger partial charge in [-0.2, -0.15) is 0 Å². The fraction of sp³-hybridized carbons (Fsp3) is 0.135. The molecular formula is C37H29ClO2. The minimum atomic E-state index is -0.691. The molecule has 40 heavy (non-hydrogen) atoms. The lowest BCUT2D eigenvalue weighted by molar-refractivity contribution is 0.0812. The molecule has 1 aliphatic rings. The van der Waals surface area contributed by atoms with Crippen molar-refractivity contribution in [2.45, 2.75) is 17.2 Å². The predicted molar refractivity (Wildman–Crippen MR) is 161 cm³/mol. The van der Waals surface area contributed by atoms with Crippen molar-refractivity contribution in [3.8, 4) is 0 Å². The van der Waals surface area contributed by atoms with Gasteiger partial charge in [0.05, 0.1) is 11.3 Å². The number of benzene rings is 5. The third kappa shape index (κ3) is 4.80. The van der Waals surface area contributed by atoms with Crippen LogP contribution >= 0.6 is 11.6 Å². The van der Waals surface area contributed by atoms with E-state index >= 15 is 0 Å². The summed E-state index contributed by atoms with van der Waals surface area (Å²) in [5.74, 6) is -1.88. The van der Waals surface area contributed by atoms with Crippen LogP contribution in [0, 0.1) is 11.8 Å². The number of fused-ring (bicyclic) bond motifs is 1. The number of carbonyl (C=O) groups is 2. The van der Waals surface area contributed by atoms with Crippen molar-refractivity contribution in [1.29, 1.82) is 0 Å². The molecule has 6 rings (SSSR count). The summed E-state index contributed by atoms with van der Waals surface area (Å²) < 4.78 is 0. The third-order valence-electron chi connectivity index (χ3n) is 8.13. The van der Waals surface area contributed by atoms with Gasteiger partial charge in [0.2, 0.25) is 0 Å². The summed E-state index contributed by atoms with van der Waals surface area (Å²) in [6.07, 6.45) is 0. The van der Waals surface area contributed by atoms with Crippen LogP contribution in [0.15, 0.2) is 146 Å². The Balaban J connectivity index is 1.59. The molecule has 0 aliphatic heterocycles. The first-order valence-electron chi connectivity index (χ1n) is 13.7. The van der Waals surface area contributed by atoms with E-state index < -0.39 is 23.1 Å². The summed E-state index contributed by atoms with van der Waals surface area (Å²) in [5.41, 5.74) is 5.17. The molecule has 2 nitrogen and oxygen atoms in total. The second kappa shape index (κ2) is 11.5. The molecule has 3 heteroatoms. The molecule has 0 radical (unpaired) electrons. The normalized spacial score (nSPS) is 18.5. The molecular weight excluding hydrogens is 512 g/mol. The summed E-state index contributed by atoms with van der Waals surface area (Å²) in [5, 5.41) is -0.646. The van der Waals surface area contributed by atoms with Crippen LogP contribution in [0.25, 0.3) is 0 Å². The molecule has 5 aromatic rings. The second-order valence-corrected chi connectivity index (χ2v) is 10.8. The largest absolute Gasteiger partial charge is 0.294 e. The molecule has 0 spiro atoms. The van der Waals surface area contributed by atoms with Crippen LogP contribution in [0.3, 0.4) is 0 Å². The van der Waals surface area contributed by atoms with Gasteiger partial charge in [-0.05, 0) is 22.3 Å². The molecule has 0 bridgehead atoms. The van der Waals surface area contributed by atoms with E-state index in [0.717, 1.165) is 27.8 Å². The summed E-state index contributed by atoms with van der Waals surface area (Å²) in [6, 6.07) is 47.1. The predicted octanol–water partition coefficient (Wildman–Crippen LogP) is 8.89. The van der Waals surface area contributed by atoms with Gasteiger partial charge >= 0.3 is 0 Å². The van der Waals surface area contributed by atoms with Crippen LogP contribution in [0.4, 0.5) is 0 Å². The lowest BCUT2D eigenvalue weighted by Gasteiger charge is -2.36. The lowest BCUT2D eigenvalue weighted by atomic mass is 9.66. The van der Waals surface area contributed by atoms with E-state index in [0.29, 0.717) is 5.56 Å². The van der Waals surface area contributed by atoms with Crippen molar-refractivity contribution >= 4 is 23.2 Å². The van der Waals surface area contributed by atoms with Crippen molar-refractivity contribution in [1.82, 2.24) is 0 Å². The van der Waals surface area contributed by atoms with Gasteiger partial charge in [0, 0.05) is 28.9 Å². The molecule has 0 N–H and O–H groups in total. The Labute approximate surface area is 240 Å². The van der Waals surface area contributed by atoms with Gasteiger partial charge in [0.1, 0.15) is 0 Å². The van der Waals surface area contributed by atoms with Crippen molar-refractivity contribution < 1.29 is 9.59 Å². The maximum atomic E-state index is 14.6. The van der Waals surface area contributed by atoms with E-state index in [-0.39, 0.29) is 17.5 Å². The first-order chi connectivity index (χ1) is 19.6. The zero-order valence-corrected chi connectivity index (χ0v) is 22.7. The van der Waals surface area contributed by atoms with Gasteiger partial charge in [-0.15, -0.1) is 11.6 Å². The number of Topliss-reactive ketones (excluding diaryl/α,β-unsaturated/α-hetero) is 2. The first-order valence-corrected chi connectivity index (χ1v) is 14.1. The van der Waals surface area contributed by atoms with Crippen LogP contribution in [0.1, 0.15) is 60.2 Å². The number of ketones is 2. The first kappa shape index (κ1) is 26.0. The third-order valence-corrected chi connectivity index (χ3v) is 8.66. The number of hydrogen-bond donors (Lipinski definition) is 0. The number of alkyl halides is 1. The summed E-state index contributed by atoms with van der Waals surface area (Å²) >= 11 is 7.36. The van der Waals surface area contributed by atoms with Crippen LogP contribution in [-0.2, 0) is 0 Å². The second-order valence-electron chi connectivity index (χ2n) is 10.4. The number of rotatable bonds is 8. The average Bonchev–Trinajstić information content (AvgIpc) is 3.32. The Bertz CT molecular complexity index is 1600. The fourth-order valence-corrected chi connectivity index (χ4v) is 6.78. The number of carbonyl (C=O) groups excluding carboxylic acids is 2. The SMILES string of the molecule is O=C(c1ccccc1)C(C(Cl)c1ccccc1)C(c1ccccc1)C1C(=O)c2ccccc2C1c1ccccc1. The smallest absolute Gasteiger partial charge is 0.168 e. The molecule has 5 unspecified atom stereocenters. The average molecular weight is 541 g/mol. The summed E-state index contributed by atoms with van der Waals surface area (Å²) in [7, 11) is 0. The molecule has 0 aromatic heterocycles. The van der Waals surface area contributed by atoms with Crippen LogP contribution < -0.4 is 0 Å². The van der Waals surface area contributed by atoms with Crippen LogP contribution in [0.2, 0.25) is 0 Å². The highest BCUT2D eigenvalue weighted by atomic mass is 35.5. The van der Waals surface area contributed by atoms with Crippen LogP contribution in [0.5, 0.6) is 0 Å². The highest BCUT2D eigenvalue weighted by molar-refractivity contribution is 6.23. The molecule has 0 amide bonds. The van der Waals surface area contributed by atoms with E-state index in [4.69, 9.17) is 11.6 Å². The highest BCUT2D eigenvalue weighted by Gasteiger charge is 2.50. The van der Waals surface area contributed by atoms with Crippen molar-refractivity contribution in [2.24, 2.45) is 11.8 Å². The molecule has 0 heterocycles. The van der Waals surface area contributed by atoms with Gasteiger partial charge < -0.3 is 0 Å². The van der Waals surface area contributed by atoms with Gasteiger partial charge in [-0.3, -0.25) is 9.59 Å². The Morgan fingerprint density at radius 1 is 0.600 bits per heavy atom. The Hall–Kier alpha value is -4.27. The molecule has 5 aromatic carbocycles.